The number of aliphatic hydroxyl groups excluding tert-OH is 1. The summed E-state index contributed by atoms with van der Waals surface area (Å²) < 4.78 is 6.18. The van der Waals surface area contributed by atoms with Gasteiger partial charge in [-0.25, -0.2) is 4.98 Å². The van der Waals surface area contributed by atoms with Gasteiger partial charge in [-0.2, -0.15) is 0 Å². The normalized spacial score (nSPS) is 17.0. The minimum atomic E-state index is -0.901. The van der Waals surface area contributed by atoms with Gasteiger partial charge in [0.15, 0.2) is 0 Å². The number of aromatic hydroxyl groups is 1. The number of hydrogen-bond acceptors (Lipinski definition) is 10. The summed E-state index contributed by atoms with van der Waals surface area (Å²) >= 11 is 7.91. The third-order valence-electron chi connectivity index (χ3n) is 13.5. The molecule has 3 heterocycles. The average Bonchev–Trinajstić information content (AvgIpc) is 4.00. The number of allylic oxidation sites excluding steroid dienone is 1. The molecule has 15 heteroatoms. The maximum absolute atomic E-state index is 14.1. The van der Waals surface area contributed by atoms with Crippen LogP contribution in [0.3, 0.4) is 0 Å². The van der Waals surface area contributed by atoms with E-state index in [1.165, 1.54) is 4.90 Å². The van der Waals surface area contributed by atoms with Gasteiger partial charge in [0.2, 0.25) is 23.6 Å². The Labute approximate surface area is 433 Å². The van der Waals surface area contributed by atoms with Crippen LogP contribution in [-0.2, 0) is 25.7 Å². The van der Waals surface area contributed by atoms with Crippen molar-refractivity contribution in [2.45, 2.75) is 97.4 Å². The predicted octanol–water partition coefficient (Wildman–Crippen LogP) is 8.69. The van der Waals surface area contributed by atoms with Crippen molar-refractivity contribution in [1.29, 1.82) is 0 Å². The molecule has 0 saturated carbocycles. The van der Waals surface area contributed by atoms with Crippen LogP contribution >= 0.6 is 22.9 Å². The molecule has 382 valence electrons. The number of rotatable bonds is 21. The van der Waals surface area contributed by atoms with Gasteiger partial charge < -0.3 is 35.4 Å². The molecule has 4 amide bonds. The van der Waals surface area contributed by atoms with Crippen LogP contribution in [0.2, 0.25) is 0 Å². The van der Waals surface area contributed by atoms with Crippen LogP contribution in [0.15, 0.2) is 109 Å². The maximum atomic E-state index is 14.1. The molecular formula is C57H69ClN6O7S. The molecule has 5 aromatic rings. The van der Waals surface area contributed by atoms with Crippen molar-refractivity contribution in [2.75, 3.05) is 51.8 Å². The molecule has 0 spiro atoms. The highest BCUT2D eigenvalue weighted by atomic mass is 35.5. The van der Waals surface area contributed by atoms with Gasteiger partial charge in [0.25, 0.3) is 0 Å². The third kappa shape index (κ3) is 14.6. The number of nitrogens with one attached hydrogen (secondary N) is 2. The number of phenolic OH excluding ortho intramolecular Hbond substituents is 1. The Kier molecular flexibility index (Phi) is 19.1. The first-order valence-corrected chi connectivity index (χ1v) is 26.5. The number of likely N-dealkylation sites (tertiary alicyclic amines) is 1. The number of benzene rings is 4. The quantitative estimate of drug-likeness (QED) is 0.0320. The van der Waals surface area contributed by atoms with E-state index < -0.39 is 29.5 Å². The summed E-state index contributed by atoms with van der Waals surface area (Å²) in [5, 5.41) is 26.5. The number of hydrogen-bond donors (Lipinski definition) is 4. The van der Waals surface area contributed by atoms with E-state index in [9.17, 15) is 29.4 Å². The number of carbonyl (C=O) groups is 4. The minimum absolute atomic E-state index is 0.00642. The Morgan fingerprint density at radius 1 is 0.833 bits per heavy atom. The summed E-state index contributed by atoms with van der Waals surface area (Å²) in [6.07, 6.45) is 2.46. The number of β-amino-alcohol motifs (C(OH)–C–C–N with tert-alkyl or cyclic N) is 1. The molecule has 0 aliphatic carbocycles. The Bertz CT molecular complexity index is 2610. The van der Waals surface area contributed by atoms with Crippen molar-refractivity contribution in [3.05, 3.63) is 137 Å². The third-order valence-corrected chi connectivity index (χ3v) is 14.6. The first kappa shape index (κ1) is 53.7. The van der Waals surface area contributed by atoms with E-state index in [-0.39, 0.29) is 49.4 Å². The fourth-order valence-corrected chi connectivity index (χ4v) is 10.4. The molecule has 2 saturated heterocycles. The molecule has 13 nitrogen and oxygen atoms in total. The van der Waals surface area contributed by atoms with E-state index >= 15 is 0 Å². The molecule has 4 N–H and O–H groups in total. The summed E-state index contributed by atoms with van der Waals surface area (Å²) in [4.78, 5) is 65.1. The lowest BCUT2D eigenvalue weighted by Crippen LogP contribution is -2.57. The minimum Gasteiger partial charge on any atom is -0.508 e. The van der Waals surface area contributed by atoms with Crippen molar-refractivity contribution in [1.82, 2.24) is 30.3 Å². The number of ether oxygens (including phenoxy) is 1. The van der Waals surface area contributed by atoms with Crippen molar-refractivity contribution < 1.29 is 34.1 Å². The topological polar surface area (TPSA) is 165 Å². The molecule has 2 aliphatic heterocycles. The molecule has 7 rings (SSSR count). The van der Waals surface area contributed by atoms with Gasteiger partial charge in [-0.05, 0) is 94.8 Å². The second-order valence-corrected chi connectivity index (χ2v) is 21.0. The standard InChI is InChI=1S/C57H69ClN6O7S/c1-39-53(72-38-60-39)44-17-15-40(16-18-44)36-59-55(69)49-35-46(66)37-64(49)56(70)54(57(2,3)4)61-50(67)13-9-6-10-14-51(68)63-31-29-62(30-32-63)33-34-71-47-25-21-43(22-26-47)52(42-19-23-45(65)24-20-42)48(27-28-58)41-11-7-5-8-12-41/h5,7-8,11-12,15-26,38,46,49,54,65-66H,6,9-10,13-14,27-37H2,1-4H3,(H,59,69)(H,61,67)/t46-,49+,54-/m1/s1. The van der Waals surface area contributed by atoms with Crippen molar-refractivity contribution >= 4 is 57.7 Å². The van der Waals surface area contributed by atoms with Gasteiger partial charge in [-0.15, -0.1) is 22.9 Å². The number of amides is 4. The number of aromatic nitrogens is 1. The van der Waals surface area contributed by atoms with Crippen molar-refractivity contribution in [3.8, 4) is 21.9 Å². The molecule has 0 bridgehead atoms. The van der Waals surface area contributed by atoms with Gasteiger partial charge in [-0.1, -0.05) is 106 Å². The number of phenols is 1. The van der Waals surface area contributed by atoms with Crippen LogP contribution in [0.4, 0.5) is 0 Å². The highest BCUT2D eigenvalue weighted by Gasteiger charge is 2.44. The molecule has 4 aromatic carbocycles. The monoisotopic (exact) mass is 1020 g/mol. The fourth-order valence-electron chi connectivity index (χ4n) is 9.43. The maximum Gasteiger partial charge on any atom is 0.246 e. The molecular weight excluding hydrogens is 948 g/mol. The van der Waals surface area contributed by atoms with Crippen LogP contribution in [0.25, 0.3) is 21.6 Å². The number of piperazine rings is 1. The zero-order valence-corrected chi connectivity index (χ0v) is 43.5. The Balaban J connectivity index is 0.805. The van der Waals surface area contributed by atoms with Crippen LogP contribution in [0.1, 0.15) is 93.7 Å². The second-order valence-electron chi connectivity index (χ2n) is 19.8. The summed E-state index contributed by atoms with van der Waals surface area (Å²) in [6, 6.07) is 31.7. The Morgan fingerprint density at radius 3 is 2.14 bits per heavy atom. The number of nitrogens with zero attached hydrogens (tertiary/aromatic N) is 4. The molecule has 2 fully saturated rings. The van der Waals surface area contributed by atoms with Gasteiger partial charge in [0.05, 0.1) is 22.2 Å². The van der Waals surface area contributed by atoms with E-state index in [2.05, 4.69) is 44.8 Å². The van der Waals surface area contributed by atoms with Crippen LogP contribution < -0.4 is 15.4 Å². The number of carbonyl (C=O) groups excluding carboxylic acids is 4. The lowest BCUT2D eigenvalue weighted by molar-refractivity contribution is -0.144. The van der Waals surface area contributed by atoms with Crippen molar-refractivity contribution in [2.24, 2.45) is 5.41 Å². The molecule has 1 aromatic heterocycles. The Hall–Kier alpha value is -6.06. The predicted molar refractivity (Wildman–Crippen MR) is 285 cm³/mol. The molecule has 0 radical (unpaired) electrons. The highest BCUT2D eigenvalue weighted by molar-refractivity contribution is 7.13. The zero-order chi connectivity index (χ0) is 51.2. The fraction of sp³-hybridized carbons (Fsp3) is 0.421. The highest BCUT2D eigenvalue weighted by Crippen LogP contribution is 2.36. The van der Waals surface area contributed by atoms with E-state index in [4.69, 9.17) is 16.3 Å². The van der Waals surface area contributed by atoms with Crippen LogP contribution in [0, 0.1) is 12.3 Å². The van der Waals surface area contributed by atoms with E-state index in [1.807, 2.05) is 105 Å². The SMILES string of the molecule is Cc1ncsc1-c1ccc(CNC(=O)[C@@H]2C[C@@H](O)CN2C(=O)[C@@H](NC(=O)CCCCCC(=O)N2CCN(CCOc3ccc(C(=C(CCCl)c4ccccc4)c4ccc(O)cc4)cc3)CC2)C(C)(C)C)cc1. The smallest absolute Gasteiger partial charge is 0.246 e. The van der Waals surface area contributed by atoms with E-state index in [0.29, 0.717) is 57.7 Å². The summed E-state index contributed by atoms with van der Waals surface area (Å²) in [5.74, 6) is 0.547. The average molecular weight is 1020 g/mol. The second kappa shape index (κ2) is 25.5. The molecule has 0 unspecified atom stereocenters. The number of unbranched alkanes of at least 4 members (excludes halogenated alkanes) is 2. The molecule has 2 aliphatic rings. The molecule has 72 heavy (non-hydrogen) atoms. The first-order chi connectivity index (χ1) is 34.7. The molecule has 3 atom stereocenters. The lowest BCUT2D eigenvalue weighted by atomic mass is 9.85. The Morgan fingerprint density at radius 2 is 1.50 bits per heavy atom. The van der Waals surface area contributed by atoms with Gasteiger partial charge >= 0.3 is 0 Å². The number of alkyl halides is 1. The summed E-state index contributed by atoms with van der Waals surface area (Å²) in [7, 11) is 0. The first-order valence-electron chi connectivity index (χ1n) is 25.1. The number of aryl methyl sites for hydroxylation is 1. The number of halogens is 1. The zero-order valence-electron chi connectivity index (χ0n) is 41.9. The lowest BCUT2D eigenvalue weighted by Gasteiger charge is -2.35. The van der Waals surface area contributed by atoms with Crippen LogP contribution in [-0.4, -0.2) is 123 Å². The van der Waals surface area contributed by atoms with Crippen molar-refractivity contribution in [3.63, 3.8) is 0 Å². The summed E-state index contributed by atoms with van der Waals surface area (Å²) in [6.45, 7) is 11.9. The summed E-state index contributed by atoms with van der Waals surface area (Å²) in [5.41, 5.74) is 9.38. The largest absolute Gasteiger partial charge is 0.508 e. The van der Waals surface area contributed by atoms with E-state index in [1.54, 1.807) is 23.5 Å². The van der Waals surface area contributed by atoms with Gasteiger partial charge in [0, 0.05) is 71.0 Å². The van der Waals surface area contributed by atoms with Crippen LogP contribution in [0.5, 0.6) is 11.5 Å². The number of aliphatic hydroxyl groups is 1. The van der Waals surface area contributed by atoms with Gasteiger partial charge in [0.1, 0.15) is 30.2 Å². The van der Waals surface area contributed by atoms with Gasteiger partial charge in [-0.3, -0.25) is 24.1 Å². The van der Waals surface area contributed by atoms with E-state index in [0.717, 1.165) is 74.9 Å². The number of thiazole rings is 1.